The number of benzene rings is 2. The minimum Gasteiger partial charge on any atom is -0.497 e. The van der Waals surface area contributed by atoms with Crippen LogP contribution in [0.2, 0.25) is 0 Å². The van der Waals surface area contributed by atoms with Crippen molar-refractivity contribution in [1.82, 2.24) is 9.80 Å². The van der Waals surface area contributed by atoms with Crippen LogP contribution in [0.15, 0.2) is 54.6 Å². The molecule has 188 valence electrons. The maximum atomic E-state index is 13.9. The van der Waals surface area contributed by atoms with Crippen molar-refractivity contribution < 1.29 is 18.7 Å². The lowest BCUT2D eigenvalue weighted by Crippen LogP contribution is -2.48. The predicted molar refractivity (Wildman–Crippen MR) is 137 cm³/mol. The zero-order chi connectivity index (χ0) is 25.4. The smallest absolute Gasteiger partial charge is 0.246 e. The fraction of sp³-hybridized carbons (Fsp3) is 0.448. The zero-order valence-corrected chi connectivity index (χ0v) is 21.2. The van der Waals surface area contributed by atoms with Crippen LogP contribution in [0.25, 0.3) is 6.08 Å². The third-order valence-corrected chi connectivity index (χ3v) is 6.76. The Morgan fingerprint density at radius 3 is 2.51 bits per heavy atom. The van der Waals surface area contributed by atoms with Crippen LogP contribution < -0.4 is 4.74 Å². The molecule has 2 aromatic carbocycles. The molecule has 1 heterocycles. The van der Waals surface area contributed by atoms with Gasteiger partial charge in [-0.3, -0.25) is 9.59 Å². The Bertz CT molecular complexity index is 1030. The molecule has 0 aromatic heterocycles. The molecule has 2 aromatic rings. The second kappa shape index (κ2) is 12.5. The minimum absolute atomic E-state index is 0.0413. The summed E-state index contributed by atoms with van der Waals surface area (Å²) < 4.78 is 19.2. The van der Waals surface area contributed by atoms with Crippen molar-refractivity contribution in [3.05, 3.63) is 71.6 Å². The van der Waals surface area contributed by atoms with Gasteiger partial charge in [-0.1, -0.05) is 44.2 Å². The highest BCUT2D eigenvalue weighted by atomic mass is 19.1. The molecule has 0 saturated carbocycles. The summed E-state index contributed by atoms with van der Waals surface area (Å²) in [5, 5.41) is 0. The lowest BCUT2D eigenvalue weighted by Gasteiger charge is -2.40. The van der Waals surface area contributed by atoms with Gasteiger partial charge in [-0.2, -0.15) is 0 Å². The molecule has 1 saturated heterocycles. The summed E-state index contributed by atoms with van der Waals surface area (Å²) >= 11 is 0. The van der Waals surface area contributed by atoms with Gasteiger partial charge in [-0.05, 0) is 60.9 Å². The van der Waals surface area contributed by atoms with Gasteiger partial charge in [0.1, 0.15) is 11.6 Å². The number of carbonyl (C=O) groups is 2. The van der Waals surface area contributed by atoms with E-state index in [9.17, 15) is 14.0 Å². The van der Waals surface area contributed by atoms with Gasteiger partial charge < -0.3 is 14.5 Å². The molecule has 1 fully saturated rings. The molecule has 6 heteroatoms. The van der Waals surface area contributed by atoms with Crippen molar-refractivity contribution in [2.75, 3.05) is 27.2 Å². The van der Waals surface area contributed by atoms with Gasteiger partial charge in [0.15, 0.2) is 0 Å². The lowest BCUT2D eigenvalue weighted by molar-refractivity contribution is -0.135. The first-order chi connectivity index (χ1) is 16.8. The summed E-state index contributed by atoms with van der Waals surface area (Å²) in [6, 6.07) is 14.5. The maximum Gasteiger partial charge on any atom is 0.246 e. The summed E-state index contributed by atoms with van der Waals surface area (Å²) in [6.45, 7) is 5.35. The van der Waals surface area contributed by atoms with Gasteiger partial charge in [-0.25, -0.2) is 4.39 Å². The molecule has 5 nitrogen and oxygen atoms in total. The van der Waals surface area contributed by atoms with E-state index in [1.165, 1.54) is 18.2 Å². The van der Waals surface area contributed by atoms with E-state index in [4.69, 9.17) is 4.74 Å². The predicted octanol–water partition coefficient (Wildman–Crippen LogP) is 5.20. The molecule has 0 N–H and O–H groups in total. The number of amides is 2. The monoisotopic (exact) mass is 480 g/mol. The van der Waals surface area contributed by atoms with E-state index in [0.717, 1.165) is 30.6 Å². The minimum atomic E-state index is -0.343. The van der Waals surface area contributed by atoms with E-state index >= 15 is 0 Å². The van der Waals surface area contributed by atoms with Crippen molar-refractivity contribution in [2.24, 2.45) is 11.8 Å². The van der Waals surface area contributed by atoms with Crippen LogP contribution in [0.5, 0.6) is 5.75 Å². The largest absolute Gasteiger partial charge is 0.497 e. The standard InChI is InChI=1S/C29H37FN2O3/c1-21(2)18-29(34)31(3)27(20-22-8-7-10-25(19-22)35-4)24-14-16-32(17-15-24)28(33)13-12-23-9-5-6-11-26(23)30/h5-13,19,21,24,27H,14-18,20H2,1-4H3/b13-12+/t27-/m1/s1. The van der Waals surface area contributed by atoms with Crippen LogP contribution >= 0.6 is 0 Å². The van der Waals surface area contributed by atoms with Crippen molar-refractivity contribution >= 4 is 17.9 Å². The van der Waals surface area contributed by atoms with E-state index in [0.29, 0.717) is 31.0 Å². The topological polar surface area (TPSA) is 49.9 Å². The highest BCUT2D eigenvalue weighted by Gasteiger charge is 2.32. The number of likely N-dealkylation sites (N-methyl/N-ethyl adjacent to an activating group) is 1. The second-order valence-corrected chi connectivity index (χ2v) is 9.74. The van der Waals surface area contributed by atoms with Crippen molar-refractivity contribution in [3.8, 4) is 5.75 Å². The van der Waals surface area contributed by atoms with Crippen molar-refractivity contribution in [2.45, 2.75) is 45.6 Å². The Morgan fingerprint density at radius 1 is 1.14 bits per heavy atom. The first-order valence-corrected chi connectivity index (χ1v) is 12.4. The fourth-order valence-corrected chi connectivity index (χ4v) is 4.72. The van der Waals surface area contributed by atoms with Gasteiger partial charge in [0.2, 0.25) is 11.8 Å². The number of carbonyl (C=O) groups excluding carboxylic acids is 2. The van der Waals surface area contributed by atoms with Gasteiger partial charge in [0.05, 0.1) is 7.11 Å². The van der Waals surface area contributed by atoms with Gasteiger partial charge in [0.25, 0.3) is 0 Å². The van der Waals surface area contributed by atoms with E-state index in [2.05, 4.69) is 19.9 Å². The van der Waals surface area contributed by atoms with Gasteiger partial charge >= 0.3 is 0 Å². The Kier molecular flexibility index (Phi) is 9.47. The number of piperidine rings is 1. The molecule has 1 aliphatic heterocycles. The number of ether oxygens (including phenoxy) is 1. The van der Waals surface area contributed by atoms with E-state index in [-0.39, 0.29) is 29.6 Å². The number of nitrogens with zero attached hydrogens (tertiary/aromatic N) is 2. The molecule has 0 aliphatic carbocycles. The summed E-state index contributed by atoms with van der Waals surface area (Å²) in [5.74, 6) is 1.08. The van der Waals surface area contributed by atoms with Crippen LogP contribution in [-0.4, -0.2) is 54.9 Å². The molecular weight excluding hydrogens is 443 g/mol. The van der Waals surface area contributed by atoms with Crippen LogP contribution in [0.4, 0.5) is 4.39 Å². The summed E-state index contributed by atoms with van der Waals surface area (Å²) in [5.41, 5.74) is 1.53. The molecule has 3 rings (SSSR count). The molecule has 1 aliphatic rings. The molecule has 0 radical (unpaired) electrons. The van der Waals surface area contributed by atoms with E-state index in [1.54, 1.807) is 25.3 Å². The number of halogens is 1. The zero-order valence-electron chi connectivity index (χ0n) is 21.2. The quantitative estimate of drug-likeness (QED) is 0.464. The maximum absolute atomic E-state index is 13.9. The molecular formula is C29H37FN2O3. The number of hydrogen-bond donors (Lipinski definition) is 0. The Labute approximate surface area is 208 Å². The van der Waals surface area contributed by atoms with E-state index in [1.807, 2.05) is 35.0 Å². The number of hydrogen-bond acceptors (Lipinski definition) is 3. The average molecular weight is 481 g/mol. The molecule has 0 bridgehead atoms. The summed E-state index contributed by atoms with van der Waals surface area (Å²) in [6.07, 6.45) is 5.87. The highest BCUT2D eigenvalue weighted by Crippen LogP contribution is 2.28. The van der Waals surface area contributed by atoms with E-state index < -0.39 is 0 Å². The molecule has 35 heavy (non-hydrogen) atoms. The molecule has 1 atom stereocenters. The lowest BCUT2D eigenvalue weighted by atomic mass is 9.84. The Morgan fingerprint density at radius 2 is 1.86 bits per heavy atom. The molecule has 2 amide bonds. The van der Waals surface area contributed by atoms with Gasteiger partial charge in [0, 0.05) is 44.2 Å². The van der Waals surface area contributed by atoms with Crippen LogP contribution in [-0.2, 0) is 16.0 Å². The Hall–Kier alpha value is -3.15. The summed E-state index contributed by atoms with van der Waals surface area (Å²) in [4.78, 5) is 29.4. The first kappa shape index (κ1) is 26.5. The fourth-order valence-electron chi connectivity index (χ4n) is 4.72. The van der Waals surface area contributed by atoms with Crippen LogP contribution in [0.1, 0.15) is 44.2 Å². The summed E-state index contributed by atoms with van der Waals surface area (Å²) in [7, 11) is 3.56. The number of likely N-dealkylation sites (tertiary alicyclic amines) is 1. The SMILES string of the molecule is COc1cccc(C[C@H](C2CCN(C(=O)/C=C/c3ccccc3F)CC2)N(C)C(=O)CC(C)C)c1. The van der Waals surface area contributed by atoms with Crippen molar-refractivity contribution in [1.29, 1.82) is 0 Å². The second-order valence-electron chi connectivity index (χ2n) is 9.74. The number of methoxy groups -OCH3 is 1. The number of rotatable bonds is 9. The third kappa shape index (κ3) is 7.41. The molecule has 0 unspecified atom stereocenters. The highest BCUT2D eigenvalue weighted by molar-refractivity contribution is 5.91. The molecule has 0 spiro atoms. The van der Waals surface area contributed by atoms with Gasteiger partial charge in [-0.15, -0.1) is 0 Å². The van der Waals surface area contributed by atoms with Crippen molar-refractivity contribution in [3.63, 3.8) is 0 Å². The first-order valence-electron chi connectivity index (χ1n) is 12.4. The van der Waals surface area contributed by atoms with Crippen LogP contribution in [0, 0.1) is 17.7 Å². The average Bonchev–Trinajstić information content (AvgIpc) is 2.86. The third-order valence-electron chi connectivity index (χ3n) is 6.76. The Balaban J connectivity index is 1.69. The van der Waals surface area contributed by atoms with Crippen LogP contribution in [0.3, 0.4) is 0 Å². The normalized spacial score (nSPS) is 15.4.